The lowest BCUT2D eigenvalue weighted by Gasteiger charge is -2.27. The van der Waals surface area contributed by atoms with Crippen LogP contribution in [0.2, 0.25) is 0 Å². The SMILES string of the molecule is CC[C@@](C)(NCc1cc(=O)n2c(C)csc2n1)c1nccs1. The molecule has 3 heterocycles. The van der Waals surface area contributed by atoms with Crippen LogP contribution in [0.15, 0.2) is 27.8 Å². The van der Waals surface area contributed by atoms with Gasteiger partial charge in [0.25, 0.3) is 5.56 Å². The van der Waals surface area contributed by atoms with Crippen molar-refractivity contribution in [1.82, 2.24) is 19.7 Å². The standard InChI is InChI=1S/C15H18N4OS2/c1-4-15(3,13-16-5-6-21-13)17-8-11-7-12(20)19-10(2)9-22-14(19)18-11/h5-7,9,17H,4,8H2,1-3H3/t15-/m1/s1. The number of rotatable bonds is 5. The Morgan fingerprint density at radius 1 is 1.41 bits per heavy atom. The van der Waals surface area contributed by atoms with Crippen molar-refractivity contribution in [2.45, 2.75) is 39.3 Å². The summed E-state index contributed by atoms with van der Waals surface area (Å²) >= 11 is 3.13. The smallest absolute Gasteiger partial charge is 0.259 e. The van der Waals surface area contributed by atoms with Gasteiger partial charge < -0.3 is 0 Å². The number of hydrogen-bond donors (Lipinski definition) is 1. The van der Waals surface area contributed by atoms with Gasteiger partial charge in [-0.1, -0.05) is 6.92 Å². The minimum atomic E-state index is -0.202. The quantitative estimate of drug-likeness (QED) is 0.779. The van der Waals surface area contributed by atoms with Crippen molar-refractivity contribution in [2.24, 2.45) is 0 Å². The van der Waals surface area contributed by atoms with Gasteiger partial charge in [-0.25, -0.2) is 9.97 Å². The predicted molar refractivity (Wildman–Crippen MR) is 90.7 cm³/mol. The number of aromatic nitrogens is 3. The van der Waals surface area contributed by atoms with Gasteiger partial charge in [0.15, 0.2) is 4.96 Å². The highest BCUT2D eigenvalue weighted by molar-refractivity contribution is 7.15. The molecule has 5 nitrogen and oxygen atoms in total. The van der Waals surface area contributed by atoms with E-state index in [2.05, 4.69) is 29.1 Å². The van der Waals surface area contributed by atoms with Crippen LogP contribution in [0.25, 0.3) is 4.96 Å². The average Bonchev–Trinajstić information content (AvgIpc) is 3.15. The summed E-state index contributed by atoms with van der Waals surface area (Å²) in [7, 11) is 0. The van der Waals surface area contributed by atoms with Crippen molar-refractivity contribution < 1.29 is 0 Å². The summed E-state index contributed by atoms with van der Waals surface area (Å²) in [6.45, 7) is 6.72. The van der Waals surface area contributed by atoms with Gasteiger partial charge in [-0.3, -0.25) is 14.5 Å². The van der Waals surface area contributed by atoms with Crippen LogP contribution >= 0.6 is 22.7 Å². The molecule has 0 fully saturated rings. The summed E-state index contributed by atoms with van der Waals surface area (Å²) in [4.78, 5) is 21.9. The molecule has 3 rings (SSSR count). The third-order valence-electron chi connectivity index (χ3n) is 3.90. The Labute approximate surface area is 136 Å². The first-order chi connectivity index (χ1) is 10.5. The van der Waals surface area contributed by atoms with Crippen LogP contribution in [0.4, 0.5) is 0 Å². The maximum atomic E-state index is 12.2. The Balaban J connectivity index is 1.86. The van der Waals surface area contributed by atoms with E-state index in [9.17, 15) is 4.79 Å². The van der Waals surface area contributed by atoms with Gasteiger partial charge >= 0.3 is 0 Å². The van der Waals surface area contributed by atoms with Crippen molar-refractivity contribution >= 4 is 27.6 Å². The number of nitrogens with one attached hydrogen (secondary N) is 1. The molecule has 0 aliphatic heterocycles. The minimum Gasteiger partial charge on any atom is -0.300 e. The molecule has 1 N–H and O–H groups in total. The van der Waals surface area contributed by atoms with E-state index in [-0.39, 0.29) is 11.1 Å². The fraction of sp³-hybridized carbons (Fsp3) is 0.400. The first-order valence-corrected chi connectivity index (χ1v) is 8.91. The first-order valence-electron chi connectivity index (χ1n) is 7.15. The van der Waals surface area contributed by atoms with Crippen molar-refractivity contribution in [2.75, 3.05) is 0 Å². The maximum absolute atomic E-state index is 12.2. The molecule has 0 aromatic carbocycles. The van der Waals surface area contributed by atoms with Crippen LogP contribution in [0.3, 0.4) is 0 Å². The lowest BCUT2D eigenvalue weighted by Crippen LogP contribution is -2.38. The Morgan fingerprint density at radius 3 is 2.91 bits per heavy atom. The predicted octanol–water partition coefficient (Wildman–Crippen LogP) is 2.94. The molecule has 0 unspecified atom stereocenters. The second kappa shape index (κ2) is 5.91. The maximum Gasteiger partial charge on any atom is 0.259 e. The van der Waals surface area contributed by atoms with Crippen molar-refractivity contribution in [1.29, 1.82) is 0 Å². The van der Waals surface area contributed by atoms with Crippen LogP contribution < -0.4 is 10.9 Å². The third kappa shape index (κ3) is 2.71. The number of hydrogen-bond acceptors (Lipinski definition) is 6. The second-order valence-electron chi connectivity index (χ2n) is 5.46. The van der Waals surface area contributed by atoms with Crippen LogP contribution in [-0.4, -0.2) is 14.4 Å². The van der Waals surface area contributed by atoms with E-state index in [0.717, 1.165) is 27.8 Å². The normalized spacial score (nSPS) is 14.3. The summed E-state index contributed by atoms with van der Waals surface area (Å²) in [6.07, 6.45) is 2.74. The van der Waals surface area contributed by atoms with Crippen molar-refractivity contribution in [3.05, 3.63) is 49.8 Å². The van der Waals surface area contributed by atoms with Gasteiger partial charge in [0.05, 0.1) is 11.2 Å². The molecule has 3 aromatic rings. The van der Waals surface area contributed by atoms with Gasteiger partial charge in [-0.2, -0.15) is 0 Å². The lowest BCUT2D eigenvalue weighted by atomic mass is 10.00. The Kier molecular flexibility index (Phi) is 4.12. The molecule has 0 saturated heterocycles. The van der Waals surface area contributed by atoms with Crippen LogP contribution in [-0.2, 0) is 12.1 Å². The second-order valence-corrected chi connectivity index (χ2v) is 7.19. The summed E-state index contributed by atoms with van der Waals surface area (Å²) in [5, 5.41) is 8.49. The van der Waals surface area contributed by atoms with E-state index in [1.165, 1.54) is 11.3 Å². The fourth-order valence-electron chi connectivity index (χ4n) is 2.32. The first kappa shape index (κ1) is 15.3. The molecule has 7 heteroatoms. The zero-order valence-electron chi connectivity index (χ0n) is 12.8. The molecule has 0 radical (unpaired) electrons. The highest BCUT2D eigenvalue weighted by Crippen LogP contribution is 2.26. The zero-order valence-corrected chi connectivity index (χ0v) is 14.4. The molecule has 0 amide bonds. The van der Waals surface area contributed by atoms with Crippen LogP contribution in [0.1, 0.15) is 36.7 Å². The number of aryl methyl sites for hydroxylation is 1. The molecule has 0 saturated carbocycles. The van der Waals surface area contributed by atoms with E-state index >= 15 is 0 Å². The average molecular weight is 334 g/mol. The topological polar surface area (TPSA) is 59.3 Å². The number of fused-ring (bicyclic) bond motifs is 1. The fourth-order valence-corrected chi connectivity index (χ4v) is 4.06. The Hall–Kier alpha value is -1.57. The largest absolute Gasteiger partial charge is 0.300 e. The van der Waals surface area contributed by atoms with E-state index in [1.807, 2.05) is 23.9 Å². The molecule has 0 aliphatic carbocycles. The van der Waals surface area contributed by atoms with E-state index in [1.54, 1.807) is 21.8 Å². The number of thiazole rings is 2. The summed E-state index contributed by atoms with van der Waals surface area (Å²) in [6, 6.07) is 1.61. The van der Waals surface area contributed by atoms with E-state index in [4.69, 9.17) is 0 Å². The summed E-state index contributed by atoms with van der Waals surface area (Å²) in [5.74, 6) is 0. The van der Waals surface area contributed by atoms with Gasteiger partial charge in [0, 0.05) is 35.3 Å². The Morgan fingerprint density at radius 2 is 2.23 bits per heavy atom. The molecule has 0 spiro atoms. The molecule has 1 atom stereocenters. The highest BCUT2D eigenvalue weighted by atomic mass is 32.1. The van der Waals surface area contributed by atoms with Gasteiger partial charge in [-0.05, 0) is 20.3 Å². The van der Waals surface area contributed by atoms with Crippen molar-refractivity contribution in [3.63, 3.8) is 0 Å². The molecule has 3 aromatic heterocycles. The monoisotopic (exact) mass is 334 g/mol. The lowest BCUT2D eigenvalue weighted by molar-refractivity contribution is 0.347. The molecular formula is C15H18N4OS2. The molecule has 0 aliphatic rings. The summed E-state index contributed by atoms with van der Waals surface area (Å²) < 4.78 is 1.65. The third-order valence-corrected chi connectivity index (χ3v) is 5.88. The van der Waals surface area contributed by atoms with Gasteiger partial charge in [0.1, 0.15) is 5.01 Å². The van der Waals surface area contributed by atoms with Crippen LogP contribution in [0, 0.1) is 6.92 Å². The van der Waals surface area contributed by atoms with E-state index < -0.39 is 0 Å². The molecule has 0 bridgehead atoms. The summed E-state index contributed by atoms with van der Waals surface area (Å²) in [5.41, 5.74) is 1.47. The van der Waals surface area contributed by atoms with Crippen LogP contribution in [0.5, 0.6) is 0 Å². The van der Waals surface area contributed by atoms with Gasteiger partial charge in [0.2, 0.25) is 0 Å². The highest BCUT2D eigenvalue weighted by Gasteiger charge is 2.26. The van der Waals surface area contributed by atoms with Crippen molar-refractivity contribution in [3.8, 4) is 0 Å². The molecule has 22 heavy (non-hydrogen) atoms. The minimum absolute atomic E-state index is 0.0204. The Bertz CT molecular complexity index is 837. The van der Waals surface area contributed by atoms with E-state index in [0.29, 0.717) is 6.54 Å². The molecular weight excluding hydrogens is 316 g/mol. The zero-order chi connectivity index (χ0) is 15.7. The molecule has 116 valence electrons. The number of nitrogens with zero attached hydrogens (tertiary/aromatic N) is 3. The van der Waals surface area contributed by atoms with Gasteiger partial charge in [-0.15, -0.1) is 22.7 Å².